The van der Waals surface area contributed by atoms with Crippen LogP contribution in [0.5, 0.6) is 0 Å². The number of thiazole rings is 1. The third-order valence-electron chi connectivity index (χ3n) is 5.71. The normalized spacial score (nSPS) is 17.7. The standard InChI is InChI=1S/C21H27ClN6O2S/c1-25-6-8-28(9-7-25)21(30)24-20-23-17(15-31-20)14-19(29)27-12-10-26(11-13-27)18-4-2-16(22)3-5-18/h2-5,15H,6-14H2,1H3,(H,23,24,30). The molecule has 0 saturated carbocycles. The highest BCUT2D eigenvalue weighted by molar-refractivity contribution is 7.13. The average Bonchev–Trinajstić information content (AvgIpc) is 3.21. The molecule has 3 heterocycles. The van der Waals surface area contributed by atoms with E-state index in [-0.39, 0.29) is 18.4 Å². The number of aromatic nitrogens is 1. The molecular formula is C21H27ClN6O2S. The summed E-state index contributed by atoms with van der Waals surface area (Å²) in [5.74, 6) is 0.0676. The zero-order valence-electron chi connectivity index (χ0n) is 17.6. The van der Waals surface area contributed by atoms with Gasteiger partial charge in [-0.25, -0.2) is 9.78 Å². The molecule has 1 N–H and O–H groups in total. The lowest BCUT2D eigenvalue weighted by atomic mass is 10.2. The second-order valence-corrected chi connectivity index (χ2v) is 9.18. The number of anilines is 2. The number of hydrogen-bond donors (Lipinski definition) is 1. The molecule has 3 amide bonds. The van der Waals surface area contributed by atoms with Gasteiger partial charge >= 0.3 is 6.03 Å². The molecule has 2 aromatic rings. The Morgan fingerprint density at radius 1 is 1.00 bits per heavy atom. The number of rotatable bonds is 4. The minimum absolute atomic E-state index is 0.0676. The van der Waals surface area contributed by atoms with Crippen LogP contribution < -0.4 is 10.2 Å². The van der Waals surface area contributed by atoms with Gasteiger partial charge in [0, 0.05) is 68.4 Å². The van der Waals surface area contributed by atoms with Gasteiger partial charge in [0.2, 0.25) is 5.91 Å². The number of benzene rings is 1. The lowest BCUT2D eigenvalue weighted by molar-refractivity contribution is -0.130. The molecule has 0 atom stereocenters. The molecule has 0 aliphatic carbocycles. The van der Waals surface area contributed by atoms with E-state index in [0.717, 1.165) is 36.9 Å². The van der Waals surface area contributed by atoms with Crippen molar-refractivity contribution >= 4 is 45.7 Å². The van der Waals surface area contributed by atoms with Crippen LogP contribution in [0.1, 0.15) is 5.69 Å². The molecule has 2 aliphatic rings. The fraction of sp³-hybridized carbons (Fsp3) is 0.476. The molecule has 0 spiro atoms. The van der Waals surface area contributed by atoms with E-state index in [1.807, 2.05) is 34.5 Å². The number of likely N-dealkylation sites (N-methyl/N-ethyl adjacent to an activating group) is 1. The Labute approximate surface area is 191 Å². The van der Waals surface area contributed by atoms with Gasteiger partial charge < -0.3 is 19.6 Å². The van der Waals surface area contributed by atoms with Gasteiger partial charge in [-0.2, -0.15) is 0 Å². The third-order valence-corrected chi connectivity index (χ3v) is 6.77. The molecule has 31 heavy (non-hydrogen) atoms. The Morgan fingerprint density at radius 2 is 1.65 bits per heavy atom. The first-order valence-electron chi connectivity index (χ1n) is 10.4. The van der Waals surface area contributed by atoms with Gasteiger partial charge in [0.15, 0.2) is 5.13 Å². The molecule has 0 unspecified atom stereocenters. The molecule has 8 nitrogen and oxygen atoms in total. The van der Waals surface area contributed by atoms with Gasteiger partial charge in [-0.15, -0.1) is 11.3 Å². The van der Waals surface area contributed by atoms with Crippen LogP contribution in [-0.4, -0.2) is 91.0 Å². The van der Waals surface area contributed by atoms with Gasteiger partial charge in [-0.3, -0.25) is 10.1 Å². The van der Waals surface area contributed by atoms with Crippen LogP contribution in [0.25, 0.3) is 0 Å². The lowest BCUT2D eigenvalue weighted by Gasteiger charge is -2.36. The predicted molar refractivity (Wildman–Crippen MR) is 124 cm³/mol. The topological polar surface area (TPSA) is 72.0 Å². The number of nitrogens with one attached hydrogen (secondary N) is 1. The molecule has 1 aromatic heterocycles. The molecule has 4 rings (SSSR count). The zero-order valence-corrected chi connectivity index (χ0v) is 19.2. The molecular weight excluding hydrogens is 436 g/mol. The Morgan fingerprint density at radius 3 is 2.32 bits per heavy atom. The first kappa shape index (κ1) is 21.9. The van der Waals surface area contributed by atoms with Crippen LogP contribution in [0.2, 0.25) is 5.02 Å². The molecule has 2 saturated heterocycles. The number of hydrogen-bond acceptors (Lipinski definition) is 6. The van der Waals surface area contributed by atoms with Crippen LogP contribution in [0.3, 0.4) is 0 Å². The van der Waals surface area contributed by atoms with Crippen molar-refractivity contribution in [2.75, 3.05) is 69.6 Å². The maximum absolute atomic E-state index is 12.7. The monoisotopic (exact) mass is 462 g/mol. The first-order valence-corrected chi connectivity index (χ1v) is 11.7. The highest BCUT2D eigenvalue weighted by Crippen LogP contribution is 2.21. The van der Waals surface area contributed by atoms with Crippen molar-refractivity contribution in [2.24, 2.45) is 0 Å². The molecule has 166 valence electrons. The number of halogens is 1. The number of amides is 3. The minimum Gasteiger partial charge on any atom is -0.368 e. The summed E-state index contributed by atoms with van der Waals surface area (Å²) < 4.78 is 0. The first-order chi connectivity index (χ1) is 15.0. The number of nitrogens with zero attached hydrogens (tertiary/aromatic N) is 5. The van der Waals surface area contributed by atoms with Crippen molar-refractivity contribution in [1.29, 1.82) is 0 Å². The molecule has 2 fully saturated rings. The molecule has 2 aliphatic heterocycles. The van der Waals surface area contributed by atoms with Crippen molar-refractivity contribution < 1.29 is 9.59 Å². The molecule has 10 heteroatoms. The largest absolute Gasteiger partial charge is 0.368 e. The van der Waals surface area contributed by atoms with Gasteiger partial charge in [0.25, 0.3) is 0 Å². The van der Waals surface area contributed by atoms with Gasteiger partial charge in [0.1, 0.15) is 0 Å². The highest BCUT2D eigenvalue weighted by Gasteiger charge is 2.23. The molecule has 0 bridgehead atoms. The molecule has 1 aromatic carbocycles. The number of piperazine rings is 2. The lowest BCUT2D eigenvalue weighted by Crippen LogP contribution is -2.49. The fourth-order valence-corrected chi connectivity index (χ4v) is 4.58. The Hall–Kier alpha value is -2.36. The number of urea groups is 1. The van der Waals surface area contributed by atoms with E-state index in [0.29, 0.717) is 37.0 Å². The van der Waals surface area contributed by atoms with Crippen LogP contribution in [-0.2, 0) is 11.2 Å². The second-order valence-electron chi connectivity index (χ2n) is 7.89. The summed E-state index contributed by atoms with van der Waals surface area (Å²) in [6, 6.07) is 7.66. The van der Waals surface area contributed by atoms with E-state index < -0.39 is 0 Å². The molecule has 0 radical (unpaired) electrons. The van der Waals surface area contributed by atoms with Crippen LogP contribution >= 0.6 is 22.9 Å². The number of carbonyl (C=O) groups excluding carboxylic acids is 2. The Balaban J connectivity index is 1.24. The second kappa shape index (κ2) is 9.84. The highest BCUT2D eigenvalue weighted by atomic mass is 35.5. The predicted octanol–water partition coefficient (Wildman–Crippen LogP) is 2.47. The van der Waals surface area contributed by atoms with Crippen molar-refractivity contribution in [3.05, 3.63) is 40.4 Å². The summed E-state index contributed by atoms with van der Waals surface area (Å²) in [4.78, 5) is 37.7. The summed E-state index contributed by atoms with van der Waals surface area (Å²) in [7, 11) is 2.05. The van der Waals surface area contributed by atoms with Crippen molar-refractivity contribution in [1.82, 2.24) is 19.7 Å². The SMILES string of the molecule is CN1CCN(C(=O)Nc2nc(CC(=O)N3CCN(c4ccc(Cl)cc4)CC3)cs2)CC1. The van der Waals surface area contributed by atoms with Gasteiger partial charge in [-0.1, -0.05) is 11.6 Å². The van der Waals surface area contributed by atoms with E-state index in [1.165, 1.54) is 11.3 Å². The quantitative estimate of drug-likeness (QED) is 0.755. The van der Waals surface area contributed by atoms with Crippen molar-refractivity contribution in [3.63, 3.8) is 0 Å². The van der Waals surface area contributed by atoms with Crippen molar-refractivity contribution in [3.8, 4) is 0 Å². The van der Waals surface area contributed by atoms with E-state index >= 15 is 0 Å². The Bertz CT molecular complexity index is 905. The fourth-order valence-electron chi connectivity index (χ4n) is 3.76. The van der Waals surface area contributed by atoms with E-state index in [1.54, 1.807) is 4.90 Å². The third kappa shape index (κ3) is 5.66. The Kier molecular flexibility index (Phi) is 6.94. The summed E-state index contributed by atoms with van der Waals surface area (Å²) in [5, 5.41) is 5.97. The van der Waals surface area contributed by atoms with Gasteiger partial charge in [-0.05, 0) is 31.3 Å². The summed E-state index contributed by atoms with van der Waals surface area (Å²) in [6.45, 7) is 6.10. The van der Waals surface area contributed by atoms with E-state index in [2.05, 4.69) is 27.1 Å². The zero-order chi connectivity index (χ0) is 21.8. The van der Waals surface area contributed by atoms with Crippen molar-refractivity contribution in [2.45, 2.75) is 6.42 Å². The van der Waals surface area contributed by atoms with Gasteiger partial charge in [0.05, 0.1) is 12.1 Å². The van der Waals surface area contributed by atoms with E-state index in [9.17, 15) is 9.59 Å². The van der Waals surface area contributed by atoms with Crippen LogP contribution in [0.4, 0.5) is 15.6 Å². The number of carbonyl (C=O) groups is 2. The van der Waals surface area contributed by atoms with E-state index in [4.69, 9.17) is 11.6 Å². The van der Waals surface area contributed by atoms with Crippen LogP contribution in [0.15, 0.2) is 29.6 Å². The maximum Gasteiger partial charge on any atom is 0.323 e. The summed E-state index contributed by atoms with van der Waals surface area (Å²) in [6.07, 6.45) is 0.252. The smallest absolute Gasteiger partial charge is 0.323 e. The maximum atomic E-state index is 12.7. The minimum atomic E-state index is -0.126. The summed E-state index contributed by atoms with van der Waals surface area (Å²) >= 11 is 7.32. The van der Waals surface area contributed by atoms with Crippen LogP contribution in [0, 0.1) is 0 Å². The average molecular weight is 463 g/mol. The summed E-state index contributed by atoms with van der Waals surface area (Å²) in [5.41, 5.74) is 1.82.